The number of aromatic nitrogens is 1. The van der Waals surface area contributed by atoms with E-state index in [-0.39, 0.29) is 47.0 Å². The number of aromatic amines is 1. The Morgan fingerprint density at radius 3 is 1.80 bits per heavy atom. The monoisotopic (exact) mass is 640 g/mol. The van der Waals surface area contributed by atoms with Crippen LogP contribution in [-0.4, -0.2) is 55.5 Å². The quantitative estimate of drug-likeness (QED) is 0.0761. The van der Waals surface area contributed by atoms with Gasteiger partial charge in [0.05, 0.1) is 12.5 Å². The van der Waals surface area contributed by atoms with Gasteiger partial charge >= 0.3 is 5.97 Å². The molecule has 0 atom stereocenters. The van der Waals surface area contributed by atoms with Gasteiger partial charge in [-0.25, -0.2) is 0 Å². The lowest BCUT2D eigenvalue weighted by Gasteiger charge is -2.31. The van der Waals surface area contributed by atoms with Crippen molar-refractivity contribution in [2.24, 2.45) is 38.3 Å². The van der Waals surface area contributed by atoms with Gasteiger partial charge in [0.15, 0.2) is 11.9 Å². The van der Waals surface area contributed by atoms with Crippen LogP contribution < -0.4 is 28.3 Å². The Kier molecular flexibility index (Phi) is 12.7. The highest BCUT2D eigenvalue weighted by Gasteiger charge is 2.39. The summed E-state index contributed by atoms with van der Waals surface area (Å²) in [6.07, 6.45) is 2.71. The van der Waals surface area contributed by atoms with Crippen LogP contribution in [0.15, 0.2) is 22.1 Å². The molecule has 0 spiro atoms. The second-order valence-electron chi connectivity index (χ2n) is 15.5. The molecule has 46 heavy (non-hydrogen) atoms. The minimum atomic E-state index is -0.984. The van der Waals surface area contributed by atoms with Gasteiger partial charge in [-0.2, -0.15) is 0 Å². The van der Waals surface area contributed by atoms with Gasteiger partial charge in [-0.05, 0) is 65.7 Å². The molecule has 0 saturated heterocycles. The normalized spacial score (nSPS) is 12.6. The van der Waals surface area contributed by atoms with Gasteiger partial charge in [0.25, 0.3) is 0 Å². The van der Waals surface area contributed by atoms with Crippen LogP contribution >= 0.6 is 0 Å². The van der Waals surface area contributed by atoms with E-state index >= 15 is 0 Å². The maximum atomic E-state index is 13.5. The Bertz CT molecular complexity index is 1390. The smallest absolute Gasteiger partial charge is 0.313 e. The third kappa shape index (κ3) is 10.4. The third-order valence-corrected chi connectivity index (χ3v) is 8.49. The van der Waals surface area contributed by atoms with E-state index in [0.29, 0.717) is 45.2 Å². The van der Waals surface area contributed by atoms with Crippen LogP contribution in [0.1, 0.15) is 117 Å². The Labute approximate surface area is 275 Å². The fourth-order valence-electron chi connectivity index (χ4n) is 5.96. The summed E-state index contributed by atoms with van der Waals surface area (Å²) in [5, 5.41) is 4.26. The SMILES string of the molecule is COC(=O)C(CCCN=C(N)N)(CCCN=C(N)N)CNC(=O)CCc1c(C(C)(C)C)[nH]c2cc(C(C)(C)C)cc(C(C)(C)C)c12. The lowest BCUT2D eigenvalue weighted by Crippen LogP contribution is -2.44. The Hall–Kier alpha value is -3.76. The van der Waals surface area contributed by atoms with Crippen LogP contribution in [-0.2, 0) is 37.0 Å². The predicted octanol–water partition coefficient (Wildman–Crippen LogP) is 4.38. The first-order valence-corrected chi connectivity index (χ1v) is 16.3. The fraction of sp³-hybridized carbons (Fsp3) is 0.657. The summed E-state index contributed by atoms with van der Waals surface area (Å²) in [7, 11) is 1.36. The van der Waals surface area contributed by atoms with E-state index in [0.717, 1.165) is 16.8 Å². The van der Waals surface area contributed by atoms with Crippen LogP contribution in [0.2, 0.25) is 0 Å². The van der Waals surface area contributed by atoms with E-state index in [2.05, 4.69) is 94.7 Å². The topological polar surface area (TPSA) is 200 Å². The van der Waals surface area contributed by atoms with Gasteiger partial charge in [0.2, 0.25) is 5.91 Å². The molecule has 1 aromatic carbocycles. The van der Waals surface area contributed by atoms with Crippen molar-refractivity contribution in [3.63, 3.8) is 0 Å². The number of hydrogen-bond acceptors (Lipinski definition) is 5. The fourth-order valence-corrected chi connectivity index (χ4v) is 5.96. The molecule has 2 aromatic rings. The summed E-state index contributed by atoms with van der Waals surface area (Å²) >= 11 is 0. The third-order valence-electron chi connectivity index (χ3n) is 8.49. The number of aliphatic imine (C=N–C) groups is 2. The van der Waals surface area contributed by atoms with Crippen LogP contribution in [0.25, 0.3) is 10.9 Å². The molecule has 0 unspecified atom stereocenters. The minimum absolute atomic E-state index is 0.0131. The number of nitrogens with one attached hydrogen (secondary N) is 2. The van der Waals surface area contributed by atoms with Crippen molar-refractivity contribution in [3.8, 4) is 0 Å². The second-order valence-corrected chi connectivity index (χ2v) is 15.5. The first kappa shape index (κ1) is 38.4. The van der Waals surface area contributed by atoms with E-state index in [9.17, 15) is 9.59 Å². The Balaban J connectivity index is 2.43. The number of nitrogens with two attached hydrogens (primary N) is 4. The summed E-state index contributed by atoms with van der Waals surface area (Å²) in [5.41, 5.74) is 26.7. The molecule has 0 fully saturated rings. The highest BCUT2D eigenvalue weighted by atomic mass is 16.5. The summed E-state index contributed by atoms with van der Waals surface area (Å²) in [6, 6.07) is 4.60. The van der Waals surface area contributed by atoms with Crippen LogP contribution in [0.5, 0.6) is 0 Å². The molecular formula is C35H60N8O3. The molecule has 0 aliphatic heterocycles. The number of hydrogen-bond donors (Lipinski definition) is 6. The summed E-state index contributed by atoms with van der Waals surface area (Å²) < 4.78 is 5.24. The number of benzene rings is 1. The molecule has 0 aliphatic rings. The molecule has 258 valence electrons. The van der Waals surface area contributed by atoms with Crippen molar-refractivity contribution in [1.29, 1.82) is 0 Å². The predicted molar refractivity (Wildman–Crippen MR) is 190 cm³/mol. The lowest BCUT2D eigenvalue weighted by atomic mass is 9.77. The molecule has 0 bridgehead atoms. The average molecular weight is 641 g/mol. The number of carbonyl (C=O) groups excluding carboxylic acids is 2. The van der Waals surface area contributed by atoms with Gasteiger partial charge in [0.1, 0.15) is 0 Å². The maximum Gasteiger partial charge on any atom is 0.313 e. The zero-order chi connectivity index (χ0) is 35.1. The maximum absolute atomic E-state index is 13.5. The van der Waals surface area contributed by atoms with E-state index in [1.807, 2.05) is 0 Å². The van der Waals surface area contributed by atoms with Crippen molar-refractivity contribution in [3.05, 3.63) is 34.5 Å². The number of guanidine groups is 2. The molecule has 11 nitrogen and oxygen atoms in total. The summed E-state index contributed by atoms with van der Waals surface area (Å²) in [6.45, 7) is 20.8. The molecule has 2 rings (SSSR count). The highest BCUT2D eigenvalue weighted by molar-refractivity contribution is 5.91. The first-order valence-electron chi connectivity index (χ1n) is 16.3. The molecule has 1 amide bonds. The number of nitrogens with zero attached hydrogens (tertiary/aromatic N) is 2. The Morgan fingerprint density at radius 2 is 1.37 bits per heavy atom. The molecule has 0 saturated carbocycles. The number of carbonyl (C=O) groups is 2. The molecule has 1 aromatic heterocycles. The largest absolute Gasteiger partial charge is 0.469 e. The number of H-pyrrole nitrogens is 1. The molecule has 1 heterocycles. The van der Waals surface area contributed by atoms with Crippen molar-refractivity contribution >= 4 is 34.7 Å². The molecule has 10 N–H and O–H groups in total. The van der Waals surface area contributed by atoms with Gasteiger partial charge in [-0.3, -0.25) is 19.6 Å². The van der Waals surface area contributed by atoms with Crippen molar-refractivity contribution < 1.29 is 14.3 Å². The number of aryl methyl sites for hydroxylation is 1. The number of fused-ring (bicyclic) bond motifs is 1. The number of esters is 1. The summed E-state index contributed by atoms with van der Waals surface area (Å²) in [5.74, 6) is -0.570. The van der Waals surface area contributed by atoms with Crippen LogP contribution in [0, 0.1) is 5.41 Å². The molecular weight excluding hydrogens is 580 g/mol. The Morgan fingerprint density at radius 1 is 0.826 bits per heavy atom. The molecule has 11 heteroatoms. The van der Waals surface area contributed by atoms with Gasteiger partial charge in [-0.15, -0.1) is 0 Å². The summed E-state index contributed by atoms with van der Waals surface area (Å²) in [4.78, 5) is 38.6. The van der Waals surface area contributed by atoms with Crippen molar-refractivity contribution in [2.45, 2.75) is 117 Å². The van der Waals surface area contributed by atoms with Gasteiger partial charge in [0, 0.05) is 48.1 Å². The number of methoxy groups -OCH3 is 1. The number of amides is 1. The first-order chi connectivity index (χ1) is 21.1. The minimum Gasteiger partial charge on any atom is -0.469 e. The van der Waals surface area contributed by atoms with E-state index < -0.39 is 11.4 Å². The molecule has 0 aliphatic carbocycles. The standard InChI is InChI=1S/C35H60N8O3/c1-32(2,3)22-19-24(33(4,5)6)27-23(28(34(7,8)9)43-25(27)20-22)13-14-26(44)42-21-35(29(45)46-10,15-11-17-40-30(36)37)16-12-18-41-31(38)39/h19-20,43H,11-18,21H2,1-10H3,(H,42,44)(H4,36,37,40)(H4,38,39,41). The van der Waals surface area contributed by atoms with Gasteiger partial charge in [-0.1, -0.05) is 68.4 Å². The second kappa shape index (κ2) is 15.2. The number of rotatable bonds is 14. The average Bonchev–Trinajstić information content (AvgIpc) is 3.31. The lowest BCUT2D eigenvalue weighted by molar-refractivity contribution is -0.154. The zero-order valence-electron chi connectivity index (χ0n) is 29.9. The number of ether oxygens (including phenoxy) is 1. The van der Waals surface area contributed by atoms with Crippen LogP contribution in [0.4, 0.5) is 0 Å². The van der Waals surface area contributed by atoms with Gasteiger partial charge < -0.3 is 38.0 Å². The van der Waals surface area contributed by atoms with E-state index in [1.54, 1.807) is 0 Å². The van der Waals surface area contributed by atoms with E-state index in [1.165, 1.54) is 23.6 Å². The molecule has 0 radical (unpaired) electrons. The van der Waals surface area contributed by atoms with Crippen LogP contribution in [0.3, 0.4) is 0 Å². The van der Waals surface area contributed by atoms with Crippen molar-refractivity contribution in [2.75, 3.05) is 26.7 Å². The van der Waals surface area contributed by atoms with E-state index in [4.69, 9.17) is 27.7 Å². The highest BCUT2D eigenvalue weighted by Crippen LogP contribution is 2.41. The van der Waals surface area contributed by atoms with Crippen molar-refractivity contribution in [1.82, 2.24) is 10.3 Å². The zero-order valence-corrected chi connectivity index (χ0v) is 29.9.